The Labute approximate surface area is 156 Å². The Balaban J connectivity index is 2.15. The van der Waals surface area contributed by atoms with E-state index < -0.39 is 31.4 Å². The van der Waals surface area contributed by atoms with Crippen LogP contribution < -0.4 is 0 Å². The molecule has 0 amide bonds. The van der Waals surface area contributed by atoms with Gasteiger partial charge in [-0.3, -0.25) is 10.1 Å². The van der Waals surface area contributed by atoms with Gasteiger partial charge in [-0.1, -0.05) is 11.6 Å². The molecular formula is C16H9ClFN3O5S. The SMILES string of the molecule is O=[N+]([O-])c1ccc(N=Nc2ccc(O)c3ccc(Cl)cc23)c(S(=O)(=O)F)c1. The van der Waals surface area contributed by atoms with E-state index in [9.17, 15) is 27.5 Å². The Bertz CT molecular complexity index is 1210. The number of fused-ring (bicyclic) bond motifs is 1. The highest BCUT2D eigenvalue weighted by molar-refractivity contribution is 7.86. The number of non-ortho nitro benzene ring substituents is 1. The smallest absolute Gasteiger partial charge is 0.334 e. The molecule has 8 nitrogen and oxygen atoms in total. The van der Waals surface area contributed by atoms with Gasteiger partial charge in [-0.25, -0.2) is 0 Å². The van der Waals surface area contributed by atoms with E-state index in [2.05, 4.69) is 10.2 Å². The molecular weight excluding hydrogens is 401 g/mol. The minimum atomic E-state index is -5.27. The van der Waals surface area contributed by atoms with Crippen LogP contribution in [0.4, 0.5) is 20.9 Å². The molecule has 3 aromatic carbocycles. The maximum atomic E-state index is 13.5. The second-order valence-corrected chi connectivity index (χ2v) is 7.09. The monoisotopic (exact) mass is 409 g/mol. The summed E-state index contributed by atoms with van der Waals surface area (Å²) in [5, 5.41) is 29.5. The third-order valence-corrected chi connectivity index (χ3v) is 4.70. The van der Waals surface area contributed by atoms with Crippen molar-refractivity contribution in [2.45, 2.75) is 4.90 Å². The lowest BCUT2D eigenvalue weighted by atomic mass is 10.1. The molecule has 0 radical (unpaired) electrons. The molecule has 0 fully saturated rings. The summed E-state index contributed by atoms with van der Waals surface area (Å²) in [5.74, 6) is -0.0250. The van der Waals surface area contributed by atoms with Crippen LogP contribution in [0.5, 0.6) is 5.75 Å². The van der Waals surface area contributed by atoms with Crippen molar-refractivity contribution in [3.05, 3.63) is 63.7 Å². The second kappa shape index (κ2) is 6.89. The molecule has 0 saturated carbocycles. The van der Waals surface area contributed by atoms with Crippen molar-refractivity contribution in [2.24, 2.45) is 10.2 Å². The fraction of sp³-hybridized carbons (Fsp3) is 0. The van der Waals surface area contributed by atoms with Gasteiger partial charge in [0.15, 0.2) is 0 Å². The number of hydrogen-bond donors (Lipinski definition) is 1. The lowest BCUT2D eigenvalue weighted by Gasteiger charge is -2.05. The predicted octanol–water partition coefficient (Wildman–Crippen LogP) is 5.18. The number of phenols is 1. The summed E-state index contributed by atoms with van der Waals surface area (Å²) < 4.78 is 36.1. The van der Waals surface area contributed by atoms with Crippen molar-refractivity contribution in [3.63, 3.8) is 0 Å². The van der Waals surface area contributed by atoms with E-state index in [4.69, 9.17) is 11.6 Å². The van der Waals surface area contributed by atoms with E-state index >= 15 is 0 Å². The molecule has 0 aliphatic heterocycles. The van der Waals surface area contributed by atoms with Crippen molar-refractivity contribution in [3.8, 4) is 5.75 Å². The molecule has 0 aromatic heterocycles. The molecule has 11 heteroatoms. The summed E-state index contributed by atoms with van der Waals surface area (Å²) in [6, 6.07) is 9.94. The number of benzene rings is 3. The van der Waals surface area contributed by atoms with Crippen molar-refractivity contribution >= 4 is 49.7 Å². The van der Waals surface area contributed by atoms with E-state index in [1.807, 2.05) is 0 Å². The highest BCUT2D eigenvalue weighted by Gasteiger charge is 2.22. The lowest BCUT2D eigenvalue weighted by molar-refractivity contribution is -0.385. The number of hydrogen-bond acceptors (Lipinski definition) is 7. The first-order valence-electron chi connectivity index (χ1n) is 7.23. The number of nitro benzene ring substituents is 1. The molecule has 0 atom stereocenters. The van der Waals surface area contributed by atoms with Gasteiger partial charge in [0.2, 0.25) is 0 Å². The van der Waals surface area contributed by atoms with Crippen LogP contribution >= 0.6 is 11.6 Å². The average molecular weight is 410 g/mol. The maximum Gasteiger partial charge on any atom is 0.334 e. The van der Waals surface area contributed by atoms with Gasteiger partial charge in [-0.2, -0.15) is 8.42 Å². The first kappa shape index (κ1) is 18.7. The molecule has 0 unspecified atom stereocenters. The van der Waals surface area contributed by atoms with Crippen LogP contribution in [-0.4, -0.2) is 18.4 Å². The van der Waals surface area contributed by atoms with Crippen LogP contribution in [0.15, 0.2) is 63.7 Å². The van der Waals surface area contributed by atoms with E-state index in [-0.39, 0.29) is 11.4 Å². The molecule has 0 heterocycles. The van der Waals surface area contributed by atoms with Gasteiger partial charge in [0, 0.05) is 27.9 Å². The van der Waals surface area contributed by atoms with E-state index in [1.165, 1.54) is 18.2 Å². The molecule has 3 aromatic rings. The van der Waals surface area contributed by atoms with Crippen LogP contribution in [0, 0.1) is 10.1 Å². The van der Waals surface area contributed by atoms with Crippen LogP contribution in [0.2, 0.25) is 5.02 Å². The predicted molar refractivity (Wildman–Crippen MR) is 96.2 cm³/mol. The van der Waals surface area contributed by atoms with Crippen LogP contribution in [0.3, 0.4) is 0 Å². The molecule has 0 aliphatic carbocycles. The zero-order valence-electron chi connectivity index (χ0n) is 13.2. The van der Waals surface area contributed by atoms with Crippen LogP contribution in [0.1, 0.15) is 0 Å². The summed E-state index contributed by atoms with van der Waals surface area (Å²) in [4.78, 5) is 8.95. The average Bonchev–Trinajstić information content (AvgIpc) is 2.60. The van der Waals surface area contributed by atoms with E-state index in [0.717, 1.165) is 12.1 Å². The number of rotatable bonds is 4. The van der Waals surface area contributed by atoms with E-state index in [0.29, 0.717) is 21.9 Å². The third kappa shape index (κ3) is 3.86. The van der Waals surface area contributed by atoms with Crippen molar-refractivity contribution < 1.29 is 22.3 Å². The van der Waals surface area contributed by atoms with Gasteiger partial charge in [0.25, 0.3) is 5.69 Å². The Kier molecular flexibility index (Phi) is 4.77. The van der Waals surface area contributed by atoms with Gasteiger partial charge in [-0.15, -0.1) is 14.1 Å². The summed E-state index contributed by atoms with van der Waals surface area (Å²) in [6.45, 7) is 0. The second-order valence-electron chi connectivity index (χ2n) is 5.34. The van der Waals surface area contributed by atoms with Crippen LogP contribution in [-0.2, 0) is 10.2 Å². The number of phenolic OH excluding ortho intramolecular Hbond substituents is 1. The van der Waals surface area contributed by atoms with Gasteiger partial charge in [0.05, 0.1) is 10.6 Å². The molecule has 0 bridgehead atoms. The normalized spacial score (nSPS) is 11.9. The molecule has 3 rings (SSSR count). The summed E-state index contributed by atoms with van der Waals surface area (Å²) >= 11 is 5.95. The van der Waals surface area contributed by atoms with Gasteiger partial charge in [-0.05, 0) is 36.4 Å². The highest BCUT2D eigenvalue weighted by Crippen LogP contribution is 2.36. The zero-order chi connectivity index (χ0) is 19.8. The first-order valence-corrected chi connectivity index (χ1v) is 8.99. The molecule has 0 saturated heterocycles. The van der Waals surface area contributed by atoms with Crippen molar-refractivity contribution in [1.29, 1.82) is 0 Å². The van der Waals surface area contributed by atoms with E-state index in [1.54, 1.807) is 12.1 Å². The summed E-state index contributed by atoms with van der Waals surface area (Å²) in [5.41, 5.74) is -0.788. The number of aromatic hydroxyl groups is 1. The van der Waals surface area contributed by atoms with Crippen molar-refractivity contribution in [2.75, 3.05) is 0 Å². The Morgan fingerprint density at radius 3 is 2.33 bits per heavy atom. The summed E-state index contributed by atoms with van der Waals surface area (Å²) in [7, 11) is -5.27. The zero-order valence-corrected chi connectivity index (χ0v) is 14.8. The number of azo groups is 1. The minimum Gasteiger partial charge on any atom is -0.507 e. The minimum absolute atomic E-state index is 0.0250. The number of nitro groups is 1. The quantitative estimate of drug-likeness (QED) is 0.275. The standard InChI is InChI=1S/C16H9ClFN3O5S/c17-9-1-3-11-12(7-9)13(5-6-15(11)22)19-20-14-4-2-10(21(23)24)8-16(14)27(18,25)26/h1-8,22H. The molecule has 27 heavy (non-hydrogen) atoms. The number of nitrogens with zero attached hydrogens (tertiary/aromatic N) is 3. The third-order valence-electron chi connectivity index (χ3n) is 3.61. The molecule has 0 spiro atoms. The molecule has 0 aliphatic rings. The van der Waals surface area contributed by atoms with Crippen molar-refractivity contribution in [1.82, 2.24) is 0 Å². The Morgan fingerprint density at radius 2 is 1.67 bits per heavy atom. The Hall–Kier alpha value is -3.11. The molecule has 138 valence electrons. The Morgan fingerprint density at radius 1 is 1.00 bits per heavy atom. The summed E-state index contributed by atoms with van der Waals surface area (Å²) in [6.07, 6.45) is 0. The molecule has 1 N–H and O–H groups in total. The largest absolute Gasteiger partial charge is 0.507 e. The van der Waals surface area contributed by atoms with Crippen LogP contribution in [0.25, 0.3) is 10.8 Å². The lowest BCUT2D eigenvalue weighted by Crippen LogP contribution is -1.95. The van der Waals surface area contributed by atoms with Gasteiger partial charge >= 0.3 is 10.2 Å². The fourth-order valence-corrected chi connectivity index (χ4v) is 3.17. The fourth-order valence-electron chi connectivity index (χ4n) is 2.38. The first-order chi connectivity index (χ1) is 12.7. The number of halogens is 2. The van der Waals surface area contributed by atoms with Gasteiger partial charge in [0.1, 0.15) is 16.3 Å². The van der Waals surface area contributed by atoms with Gasteiger partial charge < -0.3 is 5.11 Å². The topological polar surface area (TPSA) is 122 Å². The maximum absolute atomic E-state index is 13.5. The highest BCUT2D eigenvalue weighted by atomic mass is 35.5.